The molecular formula is C17H19ClO. The highest BCUT2D eigenvalue weighted by Gasteiger charge is 2.11. The number of halogens is 1. The lowest BCUT2D eigenvalue weighted by molar-refractivity contribution is 0.220. The molecular weight excluding hydrogens is 256 g/mol. The first-order valence-electron chi connectivity index (χ1n) is 6.58. The van der Waals surface area contributed by atoms with Crippen LogP contribution in [0.25, 0.3) is 0 Å². The van der Waals surface area contributed by atoms with Gasteiger partial charge in [-0.1, -0.05) is 61.8 Å². The summed E-state index contributed by atoms with van der Waals surface area (Å²) in [6.07, 6.45) is 0.436. The predicted molar refractivity (Wildman–Crippen MR) is 80.5 cm³/mol. The maximum Gasteiger partial charge on any atom is 0.104 e. The average molecular weight is 275 g/mol. The molecule has 2 aromatic rings. The van der Waals surface area contributed by atoms with Crippen molar-refractivity contribution in [1.29, 1.82) is 0 Å². The molecule has 19 heavy (non-hydrogen) atoms. The minimum absolute atomic E-state index is 0.593. The van der Waals surface area contributed by atoms with E-state index in [2.05, 4.69) is 26.0 Å². The van der Waals surface area contributed by atoms with Gasteiger partial charge >= 0.3 is 0 Å². The molecule has 0 aromatic heterocycles. The fraction of sp³-hybridized carbons (Fsp3) is 0.294. The van der Waals surface area contributed by atoms with E-state index < -0.39 is 6.10 Å². The monoisotopic (exact) mass is 274 g/mol. The molecule has 100 valence electrons. The molecule has 0 fully saturated rings. The van der Waals surface area contributed by atoms with Crippen LogP contribution in [0.2, 0.25) is 5.02 Å². The topological polar surface area (TPSA) is 20.2 Å². The lowest BCUT2D eigenvalue weighted by atomic mass is 9.96. The SMILES string of the molecule is CC(C)Cc1cccc(C(O)c2ccc(Cl)cc2)c1. The standard InChI is InChI=1S/C17H19ClO/c1-12(2)10-13-4-3-5-15(11-13)17(19)14-6-8-16(18)9-7-14/h3-9,11-12,17,19H,10H2,1-2H3. The summed E-state index contributed by atoms with van der Waals surface area (Å²) in [5.74, 6) is 0.614. The maximum atomic E-state index is 10.4. The number of benzene rings is 2. The average Bonchev–Trinajstić information content (AvgIpc) is 2.38. The molecule has 0 heterocycles. The number of hydrogen-bond acceptors (Lipinski definition) is 1. The van der Waals surface area contributed by atoms with Crippen molar-refractivity contribution in [3.63, 3.8) is 0 Å². The highest BCUT2D eigenvalue weighted by atomic mass is 35.5. The van der Waals surface area contributed by atoms with Crippen molar-refractivity contribution >= 4 is 11.6 Å². The van der Waals surface area contributed by atoms with Crippen LogP contribution in [0, 0.1) is 5.92 Å². The number of aliphatic hydroxyl groups excluding tert-OH is 1. The largest absolute Gasteiger partial charge is 0.384 e. The van der Waals surface area contributed by atoms with Gasteiger partial charge in [-0.2, -0.15) is 0 Å². The second-order valence-corrected chi connectivity index (χ2v) is 5.73. The molecule has 0 bridgehead atoms. The van der Waals surface area contributed by atoms with Crippen LogP contribution in [0.4, 0.5) is 0 Å². The summed E-state index contributed by atoms with van der Waals surface area (Å²) in [7, 11) is 0. The fourth-order valence-corrected chi connectivity index (χ4v) is 2.33. The lowest BCUT2D eigenvalue weighted by Gasteiger charge is -2.13. The van der Waals surface area contributed by atoms with Crippen LogP contribution in [0.5, 0.6) is 0 Å². The minimum Gasteiger partial charge on any atom is -0.384 e. The summed E-state index contributed by atoms with van der Waals surface area (Å²) in [6, 6.07) is 15.5. The molecule has 2 rings (SSSR count). The Bertz CT molecular complexity index is 531. The van der Waals surface area contributed by atoms with Crippen molar-refractivity contribution in [2.24, 2.45) is 5.92 Å². The van der Waals surface area contributed by atoms with E-state index in [-0.39, 0.29) is 0 Å². The highest BCUT2D eigenvalue weighted by molar-refractivity contribution is 6.30. The Labute approximate surface area is 119 Å². The zero-order chi connectivity index (χ0) is 13.8. The molecule has 0 saturated carbocycles. The molecule has 0 aliphatic carbocycles. The number of aliphatic hydroxyl groups is 1. The van der Waals surface area contributed by atoms with E-state index >= 15 is 0 Å². The second kappa shape index (κ2) is 6.23. The van der Waals surface area contributed by atoms with Gasteiger partial charge in [0.1, 0.15) is 6.10 Å². The van der Waals surface area contributed by atoms with Gasteiger partial charge in [0.05, 0.1) is 0 Å². The Morgan fingerprint density at radius 2 is 1.68 bits per heavy atom. The lowest BCUT2D eigenvalue weighted by Crippen LogP contribution is -2.01. The van der Waals surface area contributed by atoms with Crippen molar-refractivity contribution < 1.29 is 5.11 Å². The Morgan fingerprint density at radius 3 is 2.32 bits per heavy atom. The molecule has 0 aliphatic heterocycles. The Balaban J connectivity index is 2.23. The molecule has 1 atom stereocenters. The molecule has 1 nitrogen and oxygen atoms in total. The van der Waals surface area contributed by atoms with Crippen LogP contribution in [0.3, 0.4) is 0 Å². The number of hydrogen-bond donors (Lipinski definition) is 1. The molecule has 2 heteroatoms. The summed E-state index contributed by atoms with van der Waals surface area (Å²) in [5.41, 5.74) is 3.06. The molecule has 0 amide bonds. The fourth-order valence-electron chi connectivity index (χ4n) is 2.20. The summed E-state index contributed by atoms with van der Waals surface area (Å²) >= 11 is 5.86. The molecule has 0 spiro atoms. The first-order valence-corrected chi connectivity index (χ1v) is 6.96. The smallest absolute Gasteiger partial charge is 0.104 e. The third kappa shape index (κ3) is 3.82. The zero-order valence-electron chi connectivity index (χ0n) is 11.3. The van der Waals surface area contributed by atoms with Gasteiger partial charge in [-0.3, -0.25) is 0 Å². The molecule has 0 radical (unpaired) electrons. The maximum absolute atomic E-state index is 10.4. The van der Waals surface area contributed by atoms with E-state index in [9.17, 15) is 5.11 Å². The zero-order valence-corrected chi connectivity index (χ0v) is 12.1. The first kappa shape index (κ1) is 14.1. The minimum atomic E-state index is -0.593. The van der Waals surface area contributed by atoms with E-state index in [4.69, 9.17) is 11.6 Å². The van der Waals surface area contributed by atoms with Crippen LogP contribution in [-0.2, 0) is 6.42 Å². The number of rotatable bonds is 4. The molecule has 0 aliphatic rings. The molecule has 1 N–H and O–H groups in total. The molecule has 1 unspecified atom stereocenters. The van der Waals surface area contributed by atoms with Gasteiger partial charge in [-0.15, -0.1) is 0 Å². The van der Waals surface area contributed by atoms with Crippen LogP contribution in [-0.4, -0.2) is 5.11 Å². The van der Waals surface area contributed by atoms with Crippen molar-refractivity contribution in [2.75, 3.05) is 0 Å². The Morgan fingerprint density at radius 1 is 1.00 bits per heavy atom. The summed E-state index contributed by atoms with van der Waals surface area (Å²) < 4.78 is 0. The summed E-state index contributed by atoms with van der Waals surface area (Å²) in [6.45, 7) is 4.39. The van der Waals surface area contributed by atoms with Crippen LogP contribution in [0.15, 0.2) is 48.5 Å². The van der Waals surface area contributed by atoms with Crippen LogP contribution in [0.1, 0.15) is 36.6 Å². The van der Waals surface area contributed by atoms with E-state index in [0.717, 1.165) is 17.5 Å². The van der Waals surface area contributed by atoms with Gasteiger partial charge in [0, 0.05) is 5.02 Å². The Kier molecular flexibility index (Phi) is 4.62. The van der Waals surface area contributed by atoms with Gasteiger partial charge in [0.25, 0.3) is 0 Å². The van der Waals surface area contributed by atoms with Crippen molar-refractivity contribution in [3.05, 3.63) is 70.2 Å². The second-order valence-electron chi connectivity index (χ2n) is 5.30. The quantitative estimate of drug-likeness (QED) is 0.862. The summed E-state index contributed by atoms with van der Waals surface area (Å²) in [4.78, 5) is 0. The predicted octanol–water partition coefficient (Wildman–Crippen LogP) is 4.62. The van der Waals surface area contributed by atoms with Crippen LogP contribution >= 0.6 is 11.6 Å². The highest BCUT2D eigenvalue weighted by Crippen LogP contribution is 2.24. The van der Waals surface area contributed by atoms with E-state index in [1.165, 1.54) is 5.56 Å². The van der Waals surface area contributed by atoms with Gasteiger partial charge in [0.2, 0.25) is 0 Å². The third-order valence-electron chi connectivity index (χ3n) is 3.10. The van der Waals surface area contributed by atoms with Gasteiger partial charge < -0.3 is 5.11 Å². The molecule has 2 aromatic carbocycles. The van der Waals surface area contributed by atoms with E-state index in [1.807, 2.05) is 24.3 Å². The molecule has 0 saturated heterocycles. The van der Waals surface area contributed by atoms with E-state index in [1.54, 1.807) is 12.1 Å². The van der Waals surface area contributed by atoms with E-state index in [0.29, 0.717) is 10.9 Å². The van der Waals surface area contributed by atoms with Crippen molar-refractivity contribution in [1.82, 2.24) is 0 Å². The van der Waals surface area contributed by atoms with Crippen molar-refractivity contribution in [2.45, 2.75) is 26.4 Å². The third-order valence-corrected chi connectivity index (χ3v) is 3.35. The van der Waals surface area contributed by atoms with Gasteiger partial charge in [-0.25, -0.2) is 0 Å². The van der Waals surface area contributed by atoms with Gasteiger partial charge in [0.15, 0.2) is 0 Å². The van der Waals surface area contributed by atoms with Crippen LogP contribution < -0.4 is 0 Å². The Hall–Kier alpha value is -1.31. The first-order chi connectivity index (χ1) is 9.06. The normalized spacial score (nSPS) is 12.7. The van der Waals surface area contributed by atoms with Crippen molar-refractivity contribution in [3.8, 4) is 0 Å². The van der Waals surface area contributed by atoms with Gasteiger partial charge in [-0.05, 0) is 41.2 Å². The summed E-state index contributed by atoms with van der Waals surface area (Å²) in [5, 5.41) is 11.1.